The van der Waals surface area contributed by atoms with Gasteiger partial charge in [0, 0.05) is 18.7 Å². The Morgan fingerprint density at radius 3 is 2.16 bits per heavy atom. The van der Waals surface area contributed by atoms with Gasteiger partial charge in [-0.3, -0.25) is 9.69 Å². The molecule has 1 aliphatic heterocycles. The standard InChI is InChI=1S/C29H33N3O4S/c1-32-16-17-37-28(32)26(19-22-12-14-24(33)15-13-22)30-27(34)25(18-21-8-4-2-5-9-21)31-29(35)36-20-23-10-6-3-7-11-23/h2-15,25-26,28,33H,16-20H2,1H3,(H,30,34)(H,31,35)/t25-,26-,28?/m0/s1. The summed E-state index contributed by atoms with van der Waals surface area (Å²) in [5.41, 5.74) is 2.82. The number of phenolic OH excluding ortho intramolecular Hbond substituents is 1. The molecule has 8 heteroatoms. The minimum atomic E-state index is -0.801. The van der Waals surface area contributed by atoms with Crippen molar-refractivity contribution in [2.24, 2.45) is 0 Å². The fraction of sp³-hybridized carbons (Fsp3) is 0.310. The number of aromatic hydroxyl groups is 1. The first-order valence-corrected chi connectivity index (χ1v) is 13.4. The van der Waals surface area contributed by atoms with Crippen LogP contribution in [0.15, 0.2) is 84.9 Å². The number of ether oxygens (including phenoxy) is 1. The van der Waals surface area contributed by atoms with E-state index in [4.69, 9.17) is 4.74 Å². The van der Waals surface area contributed by atoms with Crippen molar-refractivity contribution in [1.29, 1.82) is 0 Å². The molecule has 0 saturated carbocycles. The number of hydrogen-bond acceptors (Lipinski definition) is 6. The molecule has 2 amide bonds. The number of benzene rings is 3. The van der Waals surface area contributed by atoms with Crippen LogP contribution >= 0.6 is 11.8 Å². The van der Waals surface area contributed by atoms with Crippen molar-refractivity contribution < 1.29 is 19.4 Å². The lowest BCUT2D eigenvalue weighted by atomic mass is 10.0. The van der Waals surface area contributed by atoms with Crippen molar-refractivity contribution in [3.63, 3.8) is 0 Å². The number of phenols is 1. The number of carbonyl (C=O) groups is 2. The predicted molar refractivity (Wildman–Crippen MR) is 146 cm³/mol. The van der Waals surface area contributed by atoms with E-state index in [1.54, 1.807) is 12.1 Å². The average molecular weight is 520 g/mol. The number of thioether (sulfide) groups is 1. The second-order valence-electron chi connectivity index (χ2n) is 9.18. The van der Waals surface area contributed by atoms with Gasteiger partial charge in [-0.1, -0.05) is 72.8 Å². The molecule has 0 bridgehead atoms. The van der Waals surface area contributed by atoms with Crippen molar-refractivity contribution in [1.82, 2.24) is 15.5 Å². The second kappa shape index (κ2) is 13.2. The highest BCUT2D eigenvalue weighted by Crippen LogP contribution is 2.27. The number of hydrogen-bond donors (Lipinski definition) is 3. The van der Waals surface area contributed by atoms with Gasteiger partial charge < -0.3 is 20.5 Å². The molecule has 3 aromatic carbocycles. The van der Waals surface area contributed by atoms with Gasteiger partial charge in [-0.25, -0.2) is 4.79 Å². The topological polar surface area (TPSA) is 90.9 Å². The Balaban J connectivity index is 1.47. The van der Waals surface area contributed by atoms with E-state index in [9.17, 15) is 14.7 Å². The molecule has 1 saturated heterocycles. The van der Waals surface area contributed by atoms with Gasteiger partial charge in [0.25, 0.3) is 0 Å². The molecule has 1 unspecified atom stereocenters. The molecule has 0 radical (unpaired) electrons. The summed E-state index contributed by atoms with van der Waals surface area (Å²) in [6.07, 6.45) is 0.305. The molecule has 1 aliphatic rings. The van der Waals surface area contributed by atoms with Crippen molar-refractivity contribution >= 4 is 23.8 Å². The number of alkyl carbamates (subject to hydrolysis) is 1. The Kier molecular flexibility index (Phi) is 9.46. The first-order valence-electron chi connectivity index (χ1n) is 12.4. The first-order chi connectivity index (χ1) is 18.0. The predicted octanol–water partition coefficient (Wildman–Crippen LogP) is 3.96. The lowest BCUT2D eigenvalue weighted by Crippen LogP contribution is -2.55. The van der Waals surface area contributed by atoms with Crippen LogP contribution in [0.3, 0.4) is 0 Å². The van der Waals surface area contributed by atoms with E-state index in [-0.39, 0.29) is 29.7 Å². The van der Waals surface area contributed by atoms with E-state index < -0.39 is 12.1 Å². The third-order valence-electron chi connectivity index (χ3n) is 6.33. The van der Waals surface area contributed by atoms with E-state index >= 15 is 0 Å². The maximum atomic E-state index is 13.6. The van der Waals surface area contributed by atoms with Crippen LogP contribution in [0.1, 0.15) is 16.7 Å². The molecule has 4 rings (SSSR count). The Bertz CT molecular complexity index is 1140. The highest BCUT2D eigenvalue weighted by molar-refractivity contribution is 8.00. The zero-order chi connectivity index (χ0) is 26.0. The third-order valence-corrected chi connectivity index (χ3v) is 7.78. The molecular formula is C29H33N3O4S. The minimum absolute atomic E-state index is 0.0974. The Morgan fingerprint density at radius 2 is 1.54 bits per heavy atom. The Morgan fingerprint density at radius 1 is 0.919 bits per heavy atom. The van der Waals surface area contributed by atoms with Crippen LogP contribution < -0.4 is 10.6 Å². The Labute approximate surface area is 222 Å². The van der Waals surface area contributed by atoms with Crippen LogP contribution in [0.2, 0.25) is 0 Å². The summed E-state index contributed by atoms with van der Waals surface area (Å²) in [5.74, 6) is 0.934. The summed E-state index contributed by atoms with van der Waals surface area (Å²) in [7, 11) is 2.06. The van der Waals surface area contributed by atoms with Gasteiger partial charge in [0.2, 0.25) is 5.91 Å². The zero-order valence-corrected chi connectivity index (χ0v) is 21.7. The Hall–Kier alpha value is -3.49. The van der Waals surface area contributed by atoms with Gasteiger partial charge in [-0.15, -0.1) is 11.8 Å². The van der Waals surface area contributed by atoms with Gasteiger partial charge in [0.15, 0.2) is 0 Å². The third kappa shape index (κ3) is 8.00. The fourth-order valence-corrected chi connectivity index (χ4v) is 5.75. The molecule has 1 fully saturated rings. The monoisotopic (exact) mass is 519 g/mol. The number of nitrogens with one attached hydrogen (secondary N) is 2. The lowest BCUT2D eigenvalue weighted by Gasteiger charge is -2.31. The van der Waals surface area contributed by atoms with Gasteiger partial charge in [0.1, 0.15) is 18.4 Å². The molecule has 3 aromatic rings. The van der Waals surface area contributed by atoms with Crippen molar-refractivity contribution in [3.8, 4) is 5.75 Å². The molecule has 37 heavy (non-hydrogen) atoms. The van der Waals surface area contributed by atoms with Crippen LogP contribution in [-0.4, -0.2) is 58.8 Å². The fourth-order valence-electron chi connectivity index (χ4n) is 4.35. The van der Waals surface area contributed by atoms with Crippen LogP contribution in [0.5, 0.6) is 5.75 Å². The van der Waals surface area contributed by atoms with Gasteiger partial charge in [0.05, 0.1) is 11.4 Å². The van der Waals surface area contributed by atoms with Crippen molar-refractivity contribution in [2.75, 3.05) is 19.3 Å². The molecule has 1 heterocycles. The highest BCUT2D eigenvalue weighted by atomic mass is 32.2. The molecule has 0 aromatic heterocycles. The van der Waals surface area contributed by atoms with Gasteiger partial charge >= 0.3 is 6.09 Å². The van der Waals surface area contributed by atoms with Gasteiger partial charge in [-0.05, 0) is 42.3 Å². The second-order valence-corrected chi connectivity index (χ2v) is 10.4. The molecule has 0 spiro atoms. The summed E-state index contributed by atoms with van der Waals surface area (Å²) >= 11 is 1.81. The van der Waals surface area contributed by atoms with E-state index in [0.29, 0.717) is 12.8 Å². The van der Waals surface area contributed by atoms with E-state index in [1.165, 1.54) is 0 Å². The molecule has 7 nitrogen and oxygen atoms in total. The maximum absolute atomic E-state index is 13.6. The smallest absolute Gasteiger partial charge is 0.408 e. The summed E-state index contributed by atoms with van der Waals surface area (Å²) in [4.78, 5) is 28.6. The quantitative estimate of drug-likeness (QED) is 0.376. The van der Waals surface area contributed by atoms with E-state index in [0.717, 1.165) is 29.0 Å². The maximum Gasteiger partial charge on any atom is 0.408 e. The van der Waals surface area contributed by atoms with E-state index in [1.807, 2.05) is 84.6 Å². The highest BCUT2D eigenvalue weighted by Gasteiger charge is 2.33. The number of likely N-dealkylation sites (N-methyl/N-ethyl adjacent to an activating group) is 1. The first kappa shape index (κ1) is 26.6. The van der Waals surface area contributed by atoms with E-state index in [2.05, 4.69) is 22.6 Å². The largest absolute Gasteiger partial charge is 0.508 e. The molecular weight excluding hydrogens is 486 g/mol. The summed E-state index contributed by atoms with van der Waals surface area (Å²) in [6, 6.07) is 25.1. The average Bonchev–Trinajstić information content (AvgIpc) is 3.35. The number of rotatable bonds is 10. The van der Waals surface area contributed by atoms with Crippen LogP contribution in [0, 0.1) is 0 Å². The number of amides is 2. The van der Waals surface area contributed by atoms with Crippen LogP contribution in [0.25, 0.3) is 0 Å². The zero-order valence-electron chi connectivity index (χ0n) is 20.9. The normalized spacial score (nSPS) is 17.1. The molecule has 0 aliphatic carbocycles. The lowest BCUT2D eigenvalue weighted by molar-refractivity contribution is -0.124. The SMILES string of the molecule is CN1CCSC1[C@H](Cc1ccc(O)cc1)NC(=O)[C@H](Cc1ccccc1)NC(=O)OCc1ccccc1. The van der Waals surface area contributed by atoms with Crippen LogP contribution in [-0.2, 0) is 29.0 Å². The summed E-state index contributed by atoms with van der Waals surface area (Å²) in [6.45, 7) is 1.06. The molecule has 3 N–H and O–H groups in total. The molecule has 3 atom stereocenters. The van der Waals surface area contributed by atoms with Crippen molar-refractivity contribution in [2.45, 2.75) is 36.9 Å². The summed E-state index contributed by atoms with van der Waals surface area (Å²) in [5, 5.41) is 15.8. The number of carbonyl (C=O) groups excluding carboxylic acids is 2. The number of nitrogens with zero attached hydrogens (tertiary/aromatic N) is 1. The van der Waals surface area contributed by atoms with Crippen molar-refractivity contribution in [3.05, 3.63) is 102 Å². The summed E-state index contributed by atoms with van der Waals surface area (Å²) < 4.78 is 5.41. The van der Waals surface area contributed by atoms with Crippen LogP contribution in [0.4, 0.5) is 4.79 Å². The minimum Gasteiger partial charge on any atom is -0.508 e. The van der Waals surface area contributed by atoms with Gasteiger partial charge in [-0.2, -0.15) is 0 Å². The molecule has 194 valence electrons.